The monoisotopic (exact) mass is 169 g/mol. The third-order valence-electron chi connectivity index (χ3n) is 1.91. The molecule has 1 aromatic rings. The van der Waals surface area contributed by atoms with Gasteiger partial charge in [0.05, 0.1) is 0 Å². The largest absolute Gasteiger partial charge is 0.328 e. The molecule has 0 aliphatic carbocycles. The van der Waals surface area contributed by atoms with Gasteiger partial charge in [0.25, 0.3) is 5.56 Å². The highest BCUT2D eigenvalue weighted by molar-refractivity contribution is 5.15. The van der Waals surface area contributed by atoms with Gasteiger partial charge in [-0.2, -0.15) is 0 Å². The van der Waals surface area contributed by atoms with E-state index >= 15 is 0 Å². The molecule has 4 heteroatoms. The van der Waals surface area contributed by atoms with Gasteiger partial charge in [-0.1, -0.05) is 0 Å². The van der Waals surface area contributed by atoms with Crippen molar-refractivity contribution in [1.29, 1.82) is 0 Å². The second-order valence-electron chi connectivity index (χ2n) is 3.26. The zero-order valence-electron chi connectivity index (χ0n) is 7.72. The Morgan fingerprint density at radius 2 is 2.25 bits per heavy atom. The first kappa shape index (κ1) is 9.06. The molecule has 1 rings (SSSR count). The normalized spacial score (nSPS) is 13.3. The van der Waals surface area contributed by atoms with Crippen LogP contribution in [-0.4, -0.2) is 15.8 Å². The Hall–Kier alpha value is -1.03. The van der Waals surface area contributed by atoms with Crippen LogP contribution >= 0.6 is 0 Å². The lowest BCUT2D eigenvalue weighted by Crippen LogP contribution is -2.18. The average Bonchev–Trinajstić information content (AvgIpc) is 2.17. The minimum atomic E-state index is 0.0330. The lowest BCUT2D eigenvalue weighted by Gasteiger charge is -2.02. The van der Waals surface area contributed by atoms with Crippen LogP contribution in [0.25, 0.3) is 0 Å². The number of aromatic amines is 1. The summed E-state index contributed by atoms with van der Waals surface area (Å²) < 4.78 is 1.48. The van der Waals surface area contributed by atoms with Crippen molar-refractivity contribution >= 4 is 0 Å². The lowest BCUT2D eigenvalue weighted by atomic mass is 10.1. The van der Waals surface area contributed by atoms with Gasteiger partial charge in [-0.15, -0.1) is 0 Å². The maximum atomic E-state index is 11.3. The zero-order chi connectivity index (χ0) is 9.30. The number of nitrogens with zero attached hydrogens (tertiary/aromatic N) is 1. The van der Waals surface area contributed by atoms with E-state index in [4.69, 9.17) is 5.73 Å². The summed E-state index contributed by atoms with van der Waals surface area (Å²) in [5.41, 5.74) is 7.37. The van der Waals surface area contributed by atoms with Gasteiger partial charge in [0.15, 0.2) is 0 Å². The molecule has 0 amide bonds. The van der Waals surface area contributed by atoms with E-state index in [2.05, 4.69) is 5.10 Å². The molecule has 0 saturated carbocycles. The Bertz CT molecular complexity index is 322. The number of nitrogens with two attached hydrogens (primary N) is 1. The fourth-order valence-electron chi connectivity index (χ4n) is 1.24. The van der Waals surface area contributed by atoms with Crippen LogP contribution in [0, 0.1) is 6.92 Å². The van der Waals surface area contributed by atoms with E-state index in [1.807, 2.05) is 13.8 Å². The Labute approximate surface area is 71.4 Å². The van der Waals surface area contributed by atoms with Crippen LogP contribution in [0.1, 0.15) is 18.2 Å². The van der Waals surface area contributed by atoms with Crippen LogP contribution < -0.4 is 11.3 Å². The van der Waals surface area contributed by atoms with Gasteiger partial charge in [0, 0.05) is 30.8 Å². The fourth-order valence-corrected chi connectivity index (χ4v) is 1.24. The van der Waals surface area contributed by atoms with E-state index in [0.717, 1.165) is 17.7 Å². The van der Waals surface area contributed by atoms with Crippen LogP contribution in [-0.2, 0) is 13.5 Å². The number of nitrogens with one attached hydrogen (secondary N) is 1. The SMILES string of the molecule is Cc1c(CC(C)N)[nH]n(C)c1=O. The summed E-state index contributed by atoms with van der Waals surface area (Å²) in [5.74, 6) is 0. The van der Waals surface area contributed by atoms with Crippen molar-refractivity contribution in [3.63, 3.8) is 0 Å². The minimum absolute atomic E-state index is 0.0330. The summed E-state index contributed by atoms with van der Waals surface area (Å²) in [6, 6.07) is 0.0850. The van der Waals surface area contributed by atoms with Gasteiger partial charge in [0.1, 0.15) is 0 Å². The predicted molar refractivity (Wildman–Crippen MR) is 48.1 cm³/mol. The first-order valence-corrected chi connectivity index (χ1v) is 4.02. The van der Waals surface area contributed by atoms with Crippen molar-refractivity contribution in [2.45, 2.75) is 26.3 Å². The number of aryl methyl sites for hydroxylation is 1. The third-order valence-corrected chi connectivity index (χ3v) is 1.91. The predicted octanol–water partition coefficient (Wildman–Crippen LogP) is -0.0885. The molecule has 0 radical (unpaired) electrons. The van der Waals surface area contributed by atoms with E-state index in [9.17, 15) is 4.79 Å². The van der Waals surface area contributed by atoms with Crippen molar-refractivity contribution in [2.75, 3.05) is 0 Å². The molecule has 1 unspecified atom stereocenters. The Morgan fingerprint density at radius 3 is 2.58 bits per heavy atom. The van der Waals surface area contributed by atoms with Crippen molar-refractivity contribution in [3.8, 4) is 0 Å². The molecule has 68 valence electrons. The molecule has 3 N–H and O–H groups in total. The number of aromatic nitrogens is 2. The van der Waals surface area contributed by atoms with Crippen LogP contribution in [0.15, 0.2) is 4.79 Å². The summed E-state index contributed by atoms with van der Waals surface area (Å²) >= 11 is 0. The van der Waals surface area contributed by atoms with E-state index in [1.54, 1.807) is 7.05 Å². The first-order valence-electron chi connectivity index (χ1n) is 4.02. The van der Waals surface area contributed by atoms with Crippen molar-refractivity contribution in [2.24, 2.45) is 12.8 Å². The summed E-state index contributed by atoms with van der Waals surface area (Å²) in [4.78, 5) is 11.3. The molecule has 0 spiro atoms. The highest BCUT2D eigenvalue weighted by atomic mass is 16.1. The van der Waals surface area contributed by atoms with Gasteiger partial charge in [-0.05, 0) is 13.8 Å². The molecule has 0 aliphatic heterocycles. The number of H-pyrrole nitrogens is 1. The molecule has 12 heavy (non-hydrogen) atoms. The molecule has 0 bridgehead atoms. The second kappa shape index (κ2) is 3.15. The summed E-state index contributed by atoms with van der Waals surface area (Å²) in [6.45, 7) is 3.74. The molecule has 1 heterocycles. The molecule has 0 fully saturated rings. The van der Waals surface area contributed by atoms with E-state index in [0.29, 0.717) is 0 Å². The van der Waals surface area contributed by atoms with Crippen LogP contribution in [0.2, 0.25) is 0 Å². The molecular formula is C8H15N3O. The van der Waals surface area contributed by atoms with Crippen LogP contribution in [0.4, 0.5) is 0 Å². The zero-order valence-corrected chi connectivity index (χ0v) is 7.72. The second-order valence-corrected chi connectivity index (χ2v) is 3.26. The summed E-state index contributed by atoms with van der Waals surface area (Å²) in [5, 5.41) is 2.97. The minimum Gasteiger partial charge on any atom is -0.328 e. The van der Waals surface area contributed by atoms with Gasteiger partial charge < -0.3 is 5.73 Å². The van der Waals surface area contributed by atoms with E-state index < -0.39 is 0 Å². The summed E-state index contributed by atoms with van der Waals surface area (Å²) in [6.07, 6.45) is 0.724. The highest BCUT2D eigenvalue weighted by Gasteiger charge is 2.08. The summed E-state index contributed by atoms with van der Waals surface area (Å²) in [7, 11) is 1.71. The standard InChI is InChI=1S/C8H15N3O/c1-5(9)4-7-6(2)8(12)11(3)10-7/h5,10H,4,9H2,1-3H3. The lowest BCUT2D eigenvalue weighted by molar-refractivity contribution is 0.677. The maximum Gasteiger partial charge on any atom is 0.269 e. The quantitative estimate of drug-likeness (QED) is 0.650. The fraction of sp³-hybridized carbons (Fsp3) is 0.625. The first-order chi connectivity index (χ1) is 5.52. The van der Waals surface area contributed by atoms with Crippen molar-refractivity contribution < 1.29 is 0 Å². The van der Waals surface area contributed by atoms with Crippen LogP contribution in [0.5, 0.6) is 0 Å². The third kappa shape index (κ3) is 1.58. The topological polar surface area (TPSA) is 63.8 Å². The number of hydrogen-bond donors (Lipinski definition) is 2. The maximum absolute atomic E-state index is 11.3. The van der Waals surface area contributed by atoms with Gasteiger partial charge in [-0.25, -0.2) is 0 Å². The Kier molecular flexibility index (Phi) is 2.38. The van der Waals surface area contributed by atoms with Crippen molar-refractivity contribution in [1.82, 2.24) is 9.78 Å². The molecular weight excluding hydrogens is 154 g/mol. The molecule has 0 saturated heterocycles. The Morgan fingerprint density at radius 1 is 1.67 bits per heavy atom. The molecule has 1 aromatic heterocycles. The van der Waals surface area contributed by atoms with E-state index in [-0.39, 0.29) is 11.6 Å². The molecule has 0 aromatic carbocycles. The number of rotatable bonds is 2. The average molecular weight is 169 g/mol. The molecule has 1 atom stereocenters. The molecule has 4 nitrogen and oxygen atoms in total. The smallest absolute Gasteiger partial charge is 0.269 e. The van der Waals surface area contributed by atoms with E-state index in [1.165, 1.54) is 4.68 Å². The van der Waals surface area contributed by atoms with Gasteiger partial charge in [0.2, 0.25) is 0 Å². The van der Waals surface area contributed by atoms with Gasteiger partial charge in [-0.3, -0.25) is 14.6 Å². The Balaban J connectivity index is 3.02. The number of hydrogen-bond acceptors (Lipinski definition) is 2. The molecule has 0 aliphatic rings. The highest BCUT2D eigenvalue weighted by Crippen LogP contribution is 2.01. The van der Waals surface area contributed by atoms with Crippen molar-refractivity contribution in [3.05, 3.63) is 21.6 Å². The van der Waals surface area contributed by atoms with Gasteiger partial charge >= 0.3 is 0 Å². The van der Waals surface area contributed by atoms with Crippen LogP contribution in [0.3, 0.4) is 0 Å².